The fraction of sp³-hybridized carbons (Fsp3) is 0.450. The standard InChI is InChI=1S/C20H27N5O2/c1-16-12-22-8-6-19(16)23-9-10-24-20(26)25-11-3-5-18(14-25)27-15-17-4-2-7-21-13-17/h2,4,6-8,12-13,18H,3,5,9-11,14-15H2,1H3,(H,22,23)(H,24,26)/t18-/m0/s1. The molecule has 1 aliphatic rings. The molecule has 0 spiro atoms. The van der Waals surface area contributed by atoms with Gasteiger partial charge in [-0.15, -0.1) is 0 Å². The zero-order valence-electron chi connectivity index (χ0n) is 15.7. The van der Waals surface area contributed by atoms with Gasteiger partial charge in [0.25, 0.3) is 0 Å². The number of likely N-dealkylation sites (tertiary alicyclic amines) is 1. The summed E-state index contributed by atoms with van der Waals surface area (Å²) in [6.45, 7) is 5.18. The van der Waals surface area contributed by atoms with E-state index in [0.29, 0.717) is 26.2 Å². The van der Waals surface area contributed by atoms with Gasteiger partial charge in [-0.2, -0.15) is 0 Å². The summed E-state index contributed by atoms with van der Waals surface area (Å²) in [5, 5.41) is 6.29. The fourth-order valence-electron chi connectivity index (χ4n) is 3.11. The van der Waals surface area contributed by atoms with E-state index in [1.54, 1.807) is 12.4 Å². The molecule has 2 amide bonds. The SMILES string of the molecule is Cc1cnccc1NCCNC(=O)N1CCC[C@H](OCc2cccnc2)C1. The lowest BCUT2D eigenvalue weighted by Gasteiger charge is -2.32. The van der Waals surface area contributed by atoms with Crippen molar-refractivity contribution in [2.45, 2.75) is 32.5 Å². The number of nitrogens with zero attached hydrogens (tertiary/aromatic N) is 3. The minimum Gasteiger partial charge on any atom is -0.383 e. The van der Waals surface area contributed by atoms with Gasteiger partial charge in [-0.3, -0.25) is 9.97 Å². The number of hydrogen-bond donors (Lipinski definition) is 2. The summed E-state index contributed by atoms with van der Waals surface area (Å²) in [5.41, 5.74) is 3.19. The van der Waals surface area contributed by atoms with Gasteiger partial charge in [0.1, 0.15) is 0 Å². The van der Waals surface area contributed by atoms with Gasteiger partial charge in [-0.05, 0) is 43.0 Å². The molecule has 0 saturated carbocycles. The van der Waals surface area contributed by atoms with Gasteiger partial charge in [-0.25, -0.2) is 4.79 Å². The van der Waals surface area contributed by atoms with E-state index in [1.165, 1.54) is 0 Å². The summed E-state index contributed by atoms with van der Waals surface area (Å²) in [5.74, 6) is 0. The highest BCUT2D eigenvalue weighted by Crippen LogP contribution is 2.15. The van der Waals surface area contributed by atoms with Crippen LogP contribution in [0.2, 0.25) is 0 Å². The molecular weight excluding hydrogens is 342 g/mol. The highest BCUT2D eigenvalue weighted by Gasteiger charge is 2.23. The molecule has 27 heavy (non-hydrogen) atoms. The number of piperidine rings is 1. The maximum Gasteiger partial charge on any atom is 0.317 e. The average Bonchev–Trinajstić information content (AvgIpc) is 2.72. The molecule has 7 nitrogen and oxygen atoms in total. The van der Waals surface area contributed by atoms with Crippen molar-refractivity contribution >= 4 is 11.7 Å². The van der Waals surface area contributed by atoms with Crippen LogP contribution in [0.25, 0.3) is 0 Å². The first-order valence-electron chi connectivity index (χ1n) is 9.40. The number of pyridine rings is 2. The molecule has 144 valence electrons. The first-order valence-corrected chi connectivity index (χ1v) is 9.40. The monoisotopic (exact) mass is 369 g/mol. The molecule has 3 rings (SSSR count). The number of ether oxygens (including phenoxy) is 1. The number of amides is 2. The molecule has 0 unspecified atom stereocenters. The van der Waals surface area contributed by atoms with Crippen LogP contribution in [0.3, 0.4) is 0 Å². The van der Waals surface area contributed by atoms with Crippen molar-refractivity contribution in [2.24, 2.45) is 0 Å². The van der Waals surface area contributed by atoms with E-state index in [4.69, 9.17) is 4.74 Å². The normalized spacial score (nSPS) is 16.8. The molecule has 7 heteroatoms. The number of rotatable bonds is 7. The molecule has 1 aliphatic heterocycles. The Bertz CT molecular complexity index is 725. The molecule has 1 fully saturated rings. The van der Waals surface area contributed by atoms with Gasteiger partial charge in [0.05, 0.1) is 12.7 Å². The molecule has 0 aromatic carbocycles. The first kappa shape index (κ1) is 19.1. The molecular formula is C20H27N5O2. The zero-order valence-corrected chi connectivity index (χ0v) is 15.7. The number of carbonyl (C=O) groups is 1. The number of carbonyl (C=O) groups excluding carboxylic acids is 1. The Morgan fingerprint density at radius 3 is 2.96 bits per heavy atom. The number of anilines is 1. The van der Waals surface area contributed by atoms with E-state index < -0.39 is 0 Å². The molecule has 1 atom stereocenters. The van der Waals surface area contributed by atoms with Crippen molar-refractivity contribution in [3.05, 3.63) is 54.1 Å². The lowest BCUT2D eigenvalue weighted by Crippen LogP contribution is -2.48. The molecule has 0 aliphatic carbocycles. The van der Waals surface area contributed by atoms with Crippen LogP contribution in [-0.2, 0) is 11.3 Å². The maximum atomic E-state index is 12.4. The van der Waals surface area contributed by atoms with Crippen molar-refractivity contribution in [1.82, 2.24) is 20.2 Å². The number of aromatic nitrogens is 2. The van der Waals surface area contributed by atoms with Crippen LogP contribution in [-0.4, -0.2) is 53.2 Å². The van der Waals surface area contributed by atoms with Crippen molar-refractivity contribution in [2.75, 3.05) is 31.5 Å². The van der Waals surface area contributed by atoms with E-state index in [1.807, 2.05) is 42.4 Å². The van der Waals surface area contributed by atoms with Crippen LogP contribution in [0.4, 0.5) is 10.5 Å². The lowest BCUT2D eigenvalue weighted by molar-refractivity contribution is -0.000383. The Balaban J connectivity index is 1.37. The van der Waals surface area contributed by atoms with E-state index >= 15 is 0 Å². The van der Waals surface area contributed by atoms with Gasteiger partial charge in [0, 0.05) is 56.7 Å². The van der Waals surface area contributed by atoms with Crippen molar-refractivity contribution in [1.29, 1.82) is 0 Å². The van der Waals surface area contributed by atoms with Gasteiger partial charge in [0.2, 0.25) is 0 Å². The third-order valence-corrected chi connectivity index (χ3v) is 4.61. The van der Waals surface area contributed by atoms with E-state index in [2.05, 4.69) is 20.6 Å². The second kappa shape index (κ2) is 9.87. The Morgan fingerprint density at radius 2 is 2.15 bits per heavy atom. The quantitative estimate of drug-likeness (QED) is 0.734. The van der Waals surface area contributed by atoms with Crippen LogP contribution >= 0.6 is 0 Å². The zero-order chi connectivity index (χ0) is 18.9. The van der Waals surface area contributed by atoms with Crippen molar-refractivity contribution < 1.29 is 9.53 Å². The topological polar surface area (TPSA) is 79.4 Å². The summed E-state index contributed by atoms with van der Waals surface area (Å²) in [6.07, 6.45) is 9.15. The van der Waals surface area contributed by atoms with Crippen LogP contribution in [0.5, 0.6) is 0 Å². The number of urea groups is 1. The number of hydrogen-bond acceptors (Lipinski definition) is 5. The molecule has 0 bridgehead atoms. The Hall–Kier alpha value is -2.67. The van der Waals surface area contributed by atoms with Crippen LogP contribution < -0.4 is 10.6 Å². The van der Waals surface area contributed by atoms with Crippen LogP contribution in [0.15, 0.2) is 43.0 Å². The first-order chi connectivity index (χ1) is 13.2. The summed E-state index contributed by atoms with van der Waals surface area (Å²) in [6, 6.07) is 5.81. The summed E-state index contributed by atoms with van der Waals surface area (Å²) in [7, 11) is 0. The van der Waals surface area contributed by atoms with E-state index in [-0.39, 0.29) is 12.1 Å². The van der Waals surface area contributed by atoms with Gasteiger partial charge in [0.15, 0.2) is 0 Å². The molecule has 0 radical (unpaired) electrons. The molecule has 2 aromatic heterocycles. The molecule has 1 saturated heterocycles. The fourth-order valence-corrected chi connectivity index (χ4v) is 3.11. The highest BCUT2D eigenvalue weighted by atomic mass is 16.5. The predicted octanol–water partition coefficient (Wildman–Crippen LogP) is 2.59. The highest BCUT2D eigenvalue weighted by molar-refractivity contribution is 5.74. The average molecular weight is 369 g/mol. The smallest absolute Gasteiger partial charge is 0.317 e. The van der Waals surface area contributed by atoms with Crippen LogP contribution in [0, 0.1) is 6.92 Å². The molecule has 2 aromatic rings. The number of aryl methyl sites for hydroxylation is 1. The van der Waals surface area contributed by atoms with Crippen molar-refractivity contribution in [3.63, 3.8) is 0 Å². The third-order valence-electron chi connectivity index (χ3n) is 4.61. The lowest BCUT2D eigenvalue weighted by atomic mass is 10.1. The number of nitrogens with one attached hydrogen (secondary N) is 2. The van der Waals surface area contributed by atoms with Gasteiger partial charge >= 0.3 is 6.03 Å². The molecule has 2 N–H and O–H groups in total. The molecule has 3 heterocycles. The minimum atomic E-state index is -0.0297. The largest absolute Gasteiger partial charge is 0.383 e. The Kier molecular flexibility index (Phi) is 6.98. The van der Waals surface area contributed by atoms with Gasteiger partial charge < -0.3 is 20.3 Å². The van der Waals surface area contributed by atoms with E-state index in [9.17, 15) is 4.79 Å². The Labute approximate surface area is 160 Å². The Morgan fingerprint density at radius 1 is 1.26 bits per heavy atom. The third kappa shape index (κ3) is 5.92. The summed E-state index contributed by atoms with van der Waals surface area (Å²) in [4.78, 5) is 22.4. The second-order valence-electron chi connectivity index (χ2n) is 6.73. The van der Waals surface area contributed by atoms with E-state index in [0.717, 1.165) is 36.2 Å². The minimum absolute atomic E-state index is 0.0297. The summed E-state index contributed by atoms with van der Waals surface area (Å²) < 4.78 is 5.97. The van der Waals surface area contributed by atoms with Crippen LogP contribution in [0.1, 0.15) is 24.0 Å². The second-order valence-corrected chi connectivity index (χ2v) is 6.73. The van der Waals surface area contributed by atoms with Crippen molar-refractivity contribution in [3.8, 4) is 0 Å². The predicted molar refractivity (Wildman–Crippen MR) is 104 cm³/mol. The summed E-state index contributed by atoms with van der Waals surface area (Å²) >= 11 is 0. The maximum absolute atomic E-state index is 12.4. The van der Waals surface area contributed by atoms with Gasteiger partial charge in [-0.1, -0.05) is 6.07 Å².